The number of nitrogens with two attached hydrogens (primary N) is 1. The van der Waals surface area contributed by atoms with Gasteiger partial charge in [0.25, 0.3) is 0 Å². The smallest absolute Gasteiger partial charge is 0.241 e. The lowest BCUT2D eigenvalue weighted by molar-refractivity contribution is -0.133. The van der Waals surface area contributed by atoms with Crippen LogP contribution < -0.4 is 11.1 Å². The normalized spacial score (nSPS) is 28.4. The van der Waals surface area contributed by atoms with Crippen LogP contribution in [0.2, 0.25) is 0 Å². The minimum atomic E-state index is -0.0959. The highest BCUT2D eigenvalue weighted by molar-refractivity contribution is 5.86. The quantitative estimate of drug-likeness (QED) is 0.719. The molecule has 17 heavy (non-hydrogen) atoms. The lowest BCUT2D eigenvalue weighted by Crippen LogP contribution is -2.43. The largest absolute Gasteiger partial charge is 0.347 e. The summed E-state index contributed by atoms with van der Waals surface area (Å²) < 4.78 is 0. The van der Waals surface area contributed by atoms with Crippen molar-refractivity contribution in [1.29, 1.82) is 0 Å². The molecule has 0 spiro atoms. The predicted octanol–water partition coefficient (Wildman–Crippen LogP) is -0.148. The molecular formula is C12H21N3O2. The Hall–Kier alpha value is -1.10. The fraction of sp³-hybridized carbons (Fsp3) is 0.833. The Labute approximate surface area is 102 Å². The molecular weight excluding hydrogens is 218 g/mol. The summed E-state index contributed by atoms with van der Waals surface area (Å²) in [6.45, 7) is 1.79. The van der Waals surface area contributed by atoms with Crippen LogP contribution in [-0.2, 0) is 9.59 Å². The van der Waals surface area contributed by atoms with E-state index in [0.717, 1.165) is 45.2 Å². The van der Waals surface area contributed by atoms with E-state index in [4.69, 9.17) is 5.73 Å². The van der Waals surface area contributed by atoms with Gasteiger partial charge in [-0.25, -0.2) is 0 Å². The highest BCUT2D eigenvalue weighted by atomic mass is 16.2. The number of hydrogen-bond acceptors (Lipinski definition) is 3. The first-order valence-corrected chi connectivity index (χ1v) is 6.49. The average molecular weight is 239 g/mol. The van der Waals surface area contributed by atoms with Gasteiger partial charge in [0.2, 0.25) is 11.8 Å². The van der Waals surface area contributed by atoms with Crippen LogP contribution in [0.3, 0.4) is 0 Å². The molecule has 2 rings (SSSR count). The van der Waals surface area contributed by atoms with Gasteiger partial charge in [-0.2, -0.15) is 0 Å². The zero-order valence-corrected chi connectivity index (χ0v) is 10.2. The monoisotopic (exact) mass is 239 g/mol. The van der Waals surface area contributed by atoms with Crippen LogP contribution in [0.25, 0.3) is 0 Å². The molecule has 2 aliphatic rings. The van der Waals surface area contributed by atoms with Crippen LogP contribution in [0.4, 0.5) is 0 Å². The van der Waals surface area contributed by atoms with E-state index in [-0.39, 0.29) is 30.3 Å². The summed E-state index contributed by atoms with van der Waals surface area (Å²) in [7, 11) is 0. The van der Waals surface area contributed by atoms with Crippen molar-refractivity contribution in [3.05, 3.63) is 0 Å². The SMILES string of the molecule is NC1CCCC1C(=O)NCC(=O)N1CCCC1. The molecule has 1 saturated carbocycles. The van der Waals surface area contributed by atoms with E-state index < -0.39 is 0 Å². The zero-order valence-electron chi connectivity index (χ0n) is 10.2. The molecule has 0 aromatic carbocycles. The number of likely N-dealkylation sites (tertiary alicyclic amines) is 1. The summed E-state index contributed by atoms with van der Waals surface area (Å²) in [4.78, 5) is 25.4. The second kappa shape index (κ2) is 5.49. The summed E-state index contributed by atoms with van der Waals surface area (Å²) >= 11 is 0. The first kappa shape index (κ1) is 12.4. The Morgan fingerprint density at radius 2 is 1.88 bits per heavy atom. The van der Waals surface area contributed by atoms with Gasteiger partial charge in [0, 0.05) is 19.1 Å². The molecule has 1 aliphatic heterocycles. The molecule has 2 fully saturated rings. The van der Waals surface area contributed by atoms with Crippen LogP contribution in [0.15, 0.2) is 0 Å². The molecule has 0 aromatic rings. The molecule has 0 radical (unpaired) electrons. The van der Waals surface area contributed by atoms with Crippen molar-refractivity contribution in [2.45, 2.75) is 38.1 Å². The highest BCUT2D eigenvalue weighted by Gasteiger charge is 2.30. The molecule has 0 bridgehead atoms. The molecule has 2 atom stereocenters. The fourth-order valence-electron chi connectivity index (χ4n) is 2.69. The molecule has 5 nitrogen and oxygen atoms in total. The number of rotatable bonds is 3. The minimum absolute atomic E-state index is 0.0300. The summed E-state index contributed by atoms with van der Waals surface area (Å²) in [5, 5.41) is 2.72. The van der Waals surface area contributed by atoms with Crippen LogP contribution in [-0.4, -0.2) is 42.4 Å². The molecule has 0 aromatic heterocycles. The summed E-state index contributed by atoms with van der Waals surface area (Å²) in [6.07, 6.45) is 4.93. The summed E-state index contributed by atoms with van der Waals surface area (Å²) in [6, 6.07) is -0.0307. The molecule has 1 heterocycles. The van der Waals surface area contributed by atoms with Crippen molar-refractivity contribution in [2.75, 3.05) is 19.6 Å². The first-order chi connectivity index (χ1) is 8.18. The first-order valence-electron chi connectivity index (χ1n) is 6.49. The van der Waals surface area contributed by atoms with E-state index >= 15 is 0 Å². The Bertz CT molecular complexity index is 300. The van der Waals surface area contributed by atoms with Gasteiger partial charge in [-0.05, 0) is 25.7 Å². The second-order valence-corrected chi connectivity index (χ2v) is 5.01. The van der Waals surface area contributed by atoms with E-state index in [1.54, 1.807) is 0 Å². The number of nitrogens with zero attached hydrogens (tertiary/aromatic N) is 1. The molecule has 5 heteroatoms. The Morgan fingerprint density at radius 3 is 2.47 bits per heavy atom. The molecule has 2 unspecified atom stereocenters. The Balaban J connectivity index is 1.73. The lowest BCUT2D eigenvalue weighted by Gasteiger charge is -2.18. The topological polar surface area (TPSA) is 75.4 Å². The molecule has 96 valence electrons. The van der Waals surface area contributed by atoms with Crippen LogP contribution in [0.1, 0.15) is 32.1 Å². The molecule has 2 amide bonds. The third-order valence-electron chi connectivity index (χ3n) is 3.78. The maximum atomic E-state index is 11.8. The maximum absolute atomic E-state index is 11.8. The summed E-state index contributed by atoms with van der Waals surface area (Å²) in [5.41, 5.74) is 5.85. The van der Waals surface area contributed by atoms with Gasteiger partial charge in [-0.1, -0.05) is 6.42 Å². The number of nitrogens with one attached hydrogen (secondary N) is 1. The van der Waals surface area contributed by atoms with Crippen LogP contribution >= 0.6 is 0 Å². The highest BCUT2D eigenvalue weighted by Crippen LogP contribution is 2.23. The van der Waals surface area contributed by atoms with Gasteiger partial charge < -0.3 is 16.0 Å². The second-order valence-electron chi connectivity index (χ2n) is 5.01. The van der Waals surface area contributed by atoms with Gasteiger partial charge in [-0.3, -0.25) is 9.59 Å². The Morgan fingerprint density at radius 1 is 1.18 bits per heavy atom. The van der Waals surface area contributed by atoms with E-state index in [1.807, 2.05) is 4.90 Å². The number of amides is 2. The lowest BCUT2D eigenvalue weighted by atomic mass is 10.0. The molecule has 1 aliphatic carbocycles. The van der Waals surface area contributed by atoms with Crippen molar-refractivity contribution in [3.63, 3.8) is 0 Å². The predicted molar refractivity (Wildman–Crippen MR) is 64.1 cm³/mol. The van der Waals surface area contributed by atoms with Crippen molar-refractivity contribution >= 4 is 11.8 Å². The Kier molecular flexibility index (Phi) is 3.99. The van der Waals surface area contributed by atoms with Crippen LogP contribution in [0, 0.1) is 5.92 Å². The maximum Gasteiger partial charge on any atom is 0.241 e. The van der Waals surface area contributed by atoms with Gasteiger partial charge in [0.1, 0.15) is 0 Å². The fourth-order valence-corrected chi connectivity index (χ4v) is 2.69. The summed E-state index contributed by atoms with van der Waals surface area (Å²) in [5.74, 6) is -0.119. The molecule has 1 saturated heterocycles. The average Bonchev–Trinajstić information content (AvgIpc) is 2.95. The van der Waals surface area contributed by atoms with Gasteiger partial charge >= 0.3 is 0 Å². The number of carbonyl (C=O) groups excluding carboxylic acids is 2. The van der Waals surface area contributed by atoms with E-state index in [9.17, 15) is 9.59 Å². The van der Waals surface area contributed by atoms with Crippen molar-refractivity contribution in [2.24, 2.45) is 11.7 Å². The standard InChI is InChI=1S/C12H21N3O2/c13-10-5-3-4-9(10)12(17)14-8-11(16)15-6-1-2-7-15/h9-10H,1-8,13H2,(H,14,17). The van der Waals surface area contributed by atoms with Crippen LogP contribution in [0.5, 0.6) is 0 Å². The van der Waals surface area contributed by atoms with Crippen molar-refractivity contribution in [3.8, 4) is 0 Å². The van der Waals surface area contributed by atoms with Crippen molar-refractivity contribution in [1.82, 2.24) is 10.2 Å². The van der Waals surface area contributed by atoms with E-state index in [2.05, 4.69) is 5.32 Å². The third-order valence-corrected chi connectivity index (χ3v) is 3.78. The van der Waals surface area contributed by atoms with Gasteiger partial charge in [-0.15, -0.1) is 0 Å². The number of hydrogen-bond donors (Lipinski definition) is 2. The minimum Gasteiger partial charge on any atom is -0.347 e. The third kappa shape index (κ3) is 2.97. The van der Waals surface area contributed by atoms with Gasteiger partial charge in [0.15, 0.2) is 0 Å². The molecule has 3 N–H and O–H groups in total. The van der Waals surface area contributed by atoms with Crippen molar-refractivity contribution < 1.29 is 9.59 Å². The van der Waals surface area contributed by atoms with Gasteiger partial charge in [0.05, 0.1) is 12.5 Å². The number of carbonyl (C=O) groups is 2. The van der Waals surface area contributed by atoms with E-state index in [0.29, 0.717) is 0 Å². The zero-order chi connectivity index (χ0) is 12.3. The van der Waals surface area contributed by atoms with E-state index in [1.165, 1.54) is 0 Å².